The predicted octanol–water partition coefficient (Wildman–Crippen LogP) is 1.34. The van der Waals surface area contributed by atoms with Crippen LogP contribution >= 0.6 is 0 Å². The molecule has 1 N–H and O–H groups in total. The predicted molar refractivity (Wildman–Crippen MR) is 69.6 cm³/mol. The summed E-state index contributed by atoms with van der Waals surface area (Å²) in [4.78, 5) is 23.4. The Morgan fingerprint density at radius 2 is 2.05 bits per heavy atom. The van der Waals surface area contributed by atoms with Crippen molar-refractivity contribution < 1.29 is 24.2 Å². The molecule has 0 aromatic heterocycles. The Balaban J connectivity index is 2.06. The summed E-state index contributed by atoms with van der Waals surface area (Å²) < 4.78 is 10.9. The number of fused-ring (bicyclic) bond motifs is 1. The third kappa shape index (κ3) is 1.53. The highest BCUT2D eigenvalue weighted by Gasteiger charge is 2.66. The number of esters is 2. The molecule has 3 fully saturated rings. The van der Waals surface area contributed by atoms with Crippen LogP contribution in [-0.2, 0) is 19.1 Å². The maximum Gasteiger partial charge on any atom is 0.334 e. The Labute approximate surface area is 117 Å². The Hall–Kier alpha value is -1.36. The lowest BCUT2D eigenvalue weighted by Crippen LogP contribution is -2.62. The van der Waals surface area contributed by atoms with Crippen molar-refractivity contribution in [3.8, 4) is 0 Å². The van der Waals surface area contributed by atoms with Gasteiger partial charge in [0, 0.05) is 24.3 Å². The smallest absolute Gasteiger partial charge is 0.334 e. The topological polar surface area (TPSA) is 72.8 Å². The Morgan fingerprint density at radius 3 is 2.65 bits per heavy atom. The molecule has 20 heavy (non-hydrogen) atoms. The number of rotatable bonds is 0. The Kier molecular flexibility index (Phi) is 2.77. The summed E-state index contributed by atoms with van der Waals surface area (Å²) in [5, 5.41) is 11.1. The number of ether oxygens (including phenoxy) is 2. The van der Waals surface area contributed by atoms with Gasteiger partial charge in [0.25, 0.3) is 0 Å². The molecule has 2 heterocycles. The van der Waals surface area contributed by atoms with Gasteiger partial charge in [-0.2, -0.15) is 0 Å². The van der Waals surface area contributed by atoms with E-state index in [2.05, 4.69) is 6.58 Å². The fraction of sp³-hybridized carbons (Fsp3) is 0.733. The van der Waals surface area contributed by atoms with Gasteiger partial charge in [-0.3, -0.25) is 4.79 Å². The molecule has 0 aromatic rings. The second-order valence-corrected chi connectivity index (χ2v) is 6.45. The summed E-state index contributed by atoms with van der Waals surface area (Å²) in [6.45, 7) is 7.40. The van der Waals surface area contributed by atoms with E-state index in [1.807, 2.05) is 6.92 Å². The van der Waals surface area contributed by atoms with E-state index in [0.29, 0.717) is 24.8 Å². The van der Waals surface area contributed by atoms with Crippen molar-refractivity contribution in [3.63, 3.8) is 0 Å². The molecule has 0 radical (unpaired) electrons. The fourth-order valence-corrected chi connectivity index (χ4v) is 4.14. The summed E-state index contributed by atoms with van der Waals surface area (Å²) in [5.41, 5.74) is -1.94. The zero-order chi connectivity index (χ0) is 14.7. The van der Waals surface area contributed by atoms with Gasteiger partial charge in [0.05, 0.1) is 0 Å². The number of carbonyl (C=O) groups excluding carboxylic acids is 2. The Bertz CT molecular complexity index is 494. The van der Waals surface area contributed by atoms with Crippen LogP contribution < -0.4 is 0 Å². The fourth-order valence-electron chi connectivity index (χ4n) is 4.14. The molecule has 0 aromatic carbocycles. The quantitative estimate of drug-likeness (QED) is 0.535. The van der Waals surface area contributed by atoms with Crippen LogP contribution in [0.4, 0.5) is 0 Å². The molecule has 5 heteroatoms. The van der Waals surface area contributed by atoms with Gasteiger partial charge in [-0.05, 0) is 25.7 Å². The van der Waals surface area contributed by atoms with Gasteiger partial charge < -0.3 is 14.6 Å². The highest BCUT2D eigenvalue weighted by atomic mass is 16.6. The maximum absolute atomic E-state index is 11.7. The average Bonchev–Trinajstić information content (AvgIpc) is 2.89. The zero-order valence-electron chi connectivity index (χ0n) is 11.8. The maximum atomic E-state index is 11.7. The highest BCUT2D eigenvalue weighted by molar-refractivity contribution is 5.91. The van der Waals surface area contributed by atoms with E-state index < -0.39 is 23.3 Å². The molecule has 1 saturated carbocycles. The molecule has 2 saturated heterocycles. The number of hydrogen-bond donors (Lipinski definition) is 1. The molecule has 1 spiro atoms. The average molecular weight is 280 g/mol. The molecule has 2 unspecified atom stereocenters. The van der Waals surface area contributed by atoms with Crippen molar-refractivity contribution >= 4 is 11.9 Å². The van der Waals surface area contributed by atoms with Gasteiger partial charge in [0.1, 0.15) is 17.3 Å². The molecule has 3 aliphatic rings. The summed E-state index contributed by atoms with van der Waals surface area (Å²) in [6, 6.07) is 0. The van der Waals surface area contributed by atoms with Crippen molar-refractivity contribution in [2.24, 2.45) is 11.8 Å². The first-order valence-corrected chi connectivity index (χ1v) is 7.13. The molecule has 0 amide bonds. The van der Waals surface area contributed by atoms with Gasteiger partial charge in [-0.15, -0.1) is 0 Å². The monoisotopic (exact) mass is 280 g/mol. The van der Waals surface area contributed by atoms with Gasteiger partial charge in [0.15, 0.2) is 0 Å². The molecule has 5 nitrogen and oxygen atoms in total. The summed E-state index contributed by atoms with van der Waals surface area (Å²) in [7, 11) is 0. The van der Waals surface area contributed by atoms with E-state index in [4.69, 9.17) is 9.47 Å². The van der Waals surface area contributed by atoms with E-state index in [1.54, 1.807) is 6.92 Å². The first kappa shape index (κ1) is 13.6. The van der Waals surface area contributed by atoms with Crippen LogP contribution in [0.1, 0.15) is 39.5 Å². The van der Waals surface area contributed by atoms with E-state index in [-0.39, 0.29) is 17.8 Å². The van der Waals surface area contributed by atoms with Crippen molar-refractivity contribution in [2.75, 3.05) is 0 Å². The van der Waals surface area contributed by atoms with E-state index in [0.717, 1.165) is 6.42 Å². The van der Waals surface area contributed by atoms with Gasteiger partial charge in [0.2, 0.25) is 0 Å². The molecule has 110 valence electrons. The number of carbonyl (C=O) groups is 2. The van der Waals surface area contributed by atoms with Crippen LogP contribution in [0.3, 0.4) is 0 Å². The summed E-state index contributed by atoms with van der Waals surface area (Å²) in [5.74, 6) is -0.923. The van der Waals surface area contributed by atoms with Crippen LogP contribution in [0.5, 0.6) is 0 Å². The number of hydrogen-bond acceptors (Lipinski definition) is 5. The first-order chi connectivity index (χ1) is 9.29. The van der Waals surface area contributed by atoms with Gasteiger partial charge >= 0.3 is 11.9 Å². The first-order valence-electron chi connectivity index (χ1n) is 7.13. The van der Waals surface area contributed by atoms with E-state index >= 15 is 0 Å². The van der Waals surface area contributed by atoms with Crippen LogP contribution in [-0.4, -0.2) is 34.4 Å². The lowest BCUT2D eigenvalue weighted by atomic mass is 9.70. The standard InChI is InChI=1S/C15H20O5/c1-8-4-5-10-9(2)13(17)19-12(10)14(3,18)15(8)7-6-11(16)20-15/h8,10,12,18H,2,4-7H2,1,3H3/t8-,10?,12?,14-,15+/m0/s1. The zero-order valence-corrected chi connectivity index (χ0v) is 11.8. The molecule has 2 aliphatic heterocycles. The van der Waals surface area contributed by atoms with Crippen LogP contribution in [0.2, 0.25) is 0 Å². The van der Waals surface area contributed by atoms with Gasteiger partial charge in [-0.1, -0.05) is 13.5 Å². The third-order valence-corrected chi connectivity index (χ3v) is 5.42. The minimum absolute atomic E-state index is 0.0149. The largest absolute Gasteiger partial charge is 0.456 e. The van der Waals surface area contributed by atoms with Crippen LogP contribution in [0.15, 0.2) is 12.2 Å². The molecule has 0 bridgehead atoms. The lowest BCUT2D eigenvalue weighted by molar-refractivity contribution is -0.219. The molecule has 3 rings (SSSR count). The molecular formula is C15H20O5. The SMILES string of the molecule is C=C1C(=O)OC2C1CC[C@H](C)[C@]1(CCC(=O)O1)[C@@]2(C)O. The van der Waals surface area contributed by atoms with E-state index in [9.17, 15) is 14.7 Å². The van der Waals surface area contributed by atoms with Crippen molar-refractivity contribution in [2.45, 2.75) is 56.8 Å². The lowest BCUT2D eigenvalue weighted by Gasteiger charge is -2.46. The van der Waals surface area contributed by atoms with Crippen molar-refractivity contribution in [3.05, 3.63) is 12.2 Å². The van der Waals surface area contributed by atoms with Crippen molar-refractivity contribution in [1.29, 1.82) is 0 Å². The third-order valence-electron chi connectivity index (χ3n) is 5.42. The summed E-state index contributed by atoms with van der Waals surface area (Å²) >= 11 is 0. The Morgan fingerprint density at radius 1 is 1.35 bits per heavy atom. The second-order valence-electron chi connectivity index (χ2n) is 6.45. The van der Waals surface area contributed by atoms with Crippen molar-refractivity contribution in [1.82, 2.24) is 0 Å². The second kappa shape index (κ2) is 4.07. The molecule has 1 aliphatic carbocycles. The minimum Gasteiger partial charge on any atom is -0.456 e. The minimum atomic E-state index is -1.39. The van der Waals surface area contributed by atoms with Crippen LogP contribution in [0.25, 0.3) is 0 Å². The summed E-state index contributed by atoms with van der Waals surface area (Å²) in [6.07, 6.45) is 1.56. The van der Waals surface area contributed by atoms with Gasteiger partial charge in [-0.25, -0.2) is 4.79 Å². The van der Waals surface area contributed by atoms with Crippen LogP contribution in [0, 0.1) is 11.8 Å². The normalized spacial score (nSPS) is 48.0. The van der Waals surface area contributed by atoms with E-state index in [1.165, 1.54) is 0 Å². The highest BCUT2D eigenvalue weighted by Crippen LogP contribution is 2.53. The molecular weight excluding hydrogens is 260 g/mol. The number of aliphatic hydroxyl groups is 1. The molecule has 5 atom stereocenters.